The second-order valence-electron chi connectivity index (χ2n) is 12.6. The Kier molecular flexibility index (Phi) is 8.98. The van der Waals surface area contributed by atoms with Crippen LogP contribution in [0.4, 0.5) is 0 Å². The zero-order valence-corrected chi connectivity index (χ0v) is 21.8. The van der Waals surface area contributed by atoms with E-state index in [1.807, 2.05) is 0 Å². The first-order valence-electron chi connectivity index (χ1n) is 13.4. The molecule has 0 saturated heterocycles. The average Bonchev–Trinajstić information content (AvgIpc) is 2.68. The molecular weight excluding hydrogens is 364 g/mol. The number of fused-ring (bicyclic) bond motifs is 1. The Labute approximate surface area is 189 Å². The Bertz CT molecular complexity index is 557. The van der Waals surface area contributed by atoms with E-state index in [2.05, 4.69) is 55.4 Å². The van der Waals surface area contributed by atoms with Crippen LogP contribution in [0.5, 0.6) is 0 Å². The number of hydrogen-bond acceptors (Lipinski definition) is 1. The molecule has 0 radical (unpaired) electrons. The maximum absolute atomic E-state index is 9.87. The van der Waals surface area contributed by atoms with Crippen LogP contribution in [0, 0.1) is 39.9 Å². The average molecular weight is 419 g/mol. The van der Waals surface area contributed by atoms with E-state index in [-0.39, 0.29) is 5.41 Å². The van der Waals surface area contributed by atoms with Crippen LogP contribution in [0.3, 0.4) is 0 Å². The van der Waals surface area contributed by atoms with Gasteiger partial charge in [-0.15, -0.1) is 0 Å². The van der Waals surface area contributed by atoms with Gasteiger partial charge in [0.1, 0.15) is 0 Å². The second-order valence-corrected chi connectivity index (χ2v) is 12.6. The molecule has 0 bridgehead atoms. The van der Waals surface area contributed by atoms with Crippen molar-refractivity contribution < 1.29 is 5.11 Å². The van der Waals surface area contributed by atoms with Crippen molar-refractivity contribution in [2.24, 2.45) is 39.9 Å². The van der Waals surface area contributed by atoms with Gasteiger partial charge in [0.05, 0.1) is 6.26 Å². The number of unbranched alkanes of at least 4 members (excludes halogenated alkanes) is 3. The smallest absolute Gasteiger partial charge is 0.0789 e. The van der Waals surface area contributed by atoms with E-state index in [4.69, 9.17) is 0 Å². The van der Waals surface area contributed by atoms with Gasteiger partial charge in [0, 0.05) is 0 Å². The number of allylic oxidation sites excluding steroid dienone is 1. The van der Waals surface area contributed by atoms with E-state index >= 15 is 0 Å². The summed E-state index contributed by atoms with van der Waals surface area (Å²) in [6, 6.07) is 0. The summed E-state index contributed by atoms with van der Waals surface area (Å²) in [4.78, 5) is 0. The first kappa shape index (κ1) is 25.8. The molecule has 0 aromatic carbocycles. The molecule has 0 aromatic heterocycles. The van der Waals surface area contributed by atoms with Crippen LogP contribution >= 0.6 is 0 Å². The number of hydrogen-bond donors (Lipinski definition) is 1. The molecule has 3 unspecified atom stereocenters. The third kappa shape index (κ3) is 5.29. The number of aliphatic hydroxyl groups excluding tert-OH is 1. The summed E-state index contributed by atoms with van der Waals surface area (Å²) in [5, 5.41) is 9.87. The molecule has 2 fully saturated rings. The van der Waals surface area contributed by atoms with Gasteiger partial charge < -0.3 is 5.11 Å². The highest BCUT2D eigenvalue weighted by Crippen LogP contribution is 2.63. The third-order valence-electron chi connectivity index (χ3n) is 10.3. The van der Waals surface area contributed by atoms with Crippen LogP contribution < -0.4 is 0 Å². The molecule has 30 heavy (non-hydrogen) atoms. The Hall–Kier alpha value is -0.460. The van der Waals surface area contributed by atoms with Crippen molar-refractivity contribution in [3.63, 3.8) is 0 Å². The SMILES string of the molecule is CCCCCCC(CCC1[C@H](C)CC[C@@H]2C(C)(C)/C(=C/O)CCC12C)C(C)(C)CC. The van der Waals surface area contributed by atoms with Crippen molar-refractivity contribution in [1.82, 2.24) is 0 Å². The zero-order chi connectivity index (χ0) is 22.6. The van der Waals surface area contributed by atoms with Gasteiger partial charge >= 0.3 is 0 Å². The predicted molar refractivity (Wildman–Crippen MR) is 133 cm³/mol. The Morgan fingerprint density at radius 1 is 1.07 bits per heavy atom. The Morgan fingerprint density at radius 3 is 2.37 bits per heavy atom. The summed E-state index contributed by atoms with van der Waals surface area (Å²) in [6.07, 6.45) is 17.6. The highest BCUT2D eigenvalue weighted by atomic mass is 16.2. The molecule has 1 N–H and O–H groups in total. The van der Waals surface area contributed by atoms with Crippen molar-refractivity contribution in [3.8, 4) is 0 Å². The fourth-order valence-electron chi connectivity index (χ4n) is 7.62. The molecule has 0 spiro atoms. The van der Waals surface area contributed by atoms with E-state index in [0.717, 1.165) is 24.2 Å². The van der Waals surface area contributed by atoms with Crippen LogP contribution in [-0.2, 0) is 0 Å². The predicted octanol–water partition coefficient (Wildman–Crippen LogP) is 9.72. The van der Waals surface area contributed by atoms with Gasteiger partial charge in [-0.3, -0.25) is 0 Å². The maximum atomic E-state index is 9.87. The lowest BCUT2D eigenvalue weighted by Crippen LogP contribution is -2.52. The van der Waals surface area contributed by atoms with Gasteiger partial charge in [-0.05, 0) is 84.0 Å². The van der Waals surface area contributed by atoms with Crippen LogP contribution in [0.2, 0.25) is 0 Å². The van der Waals surface area contributed by atoms with Gasteiger partial charge in [0.25, 0.3) is 0 Å². The van der Waals surface area contributed by atoms with Crippen LogP contribution in [0.25, 0.3) is 0 Å². The quantitative estimate of drug-likeness (QED) is 0.276. The topological polar surface area (TPSA) is 20.2 Å². The lowest BCUT2D eigenvalue weighted by Gasteiger charge is -2.60. The van der Waals surface area contributed by atoms with Crippen molar-refractivity contribution in [2.45, 2.75) is 132 Å². The minimum absolute atomic E-state index is 0.141. The third-order valence-corrected chi connectivity index (χ3v) is 10.3. The molecule has 0 aliphatic heterocycles. The summed E-state index contributed by atoms with van der Waals surface area (Å²) in [5.74, 6) is 3.24. The molecule has 2 saturated carbocycles. The maximum Gasteiger partial charge on any atom is 0.0789 e. The molecule has 1 nitrogen and oxygen atoms in total. The van der Waals surface area contributed by atoms with Crippen molar-refractivity contribution in [2.75, 3.05) is 0 Å². The van der Waals surface area contributed by atoms with E-state index in [0.29, 0.717) is 16.7 Å². The van der Waals surface area contributed by atoms with Gasteiger partial charge in [0.2, 0.25) is 0 Å². The lowest BCUT2D eigenvalue weighted by atomic mass is 9.45. The summed E-state index contributed by atoms with van der Waals surface area (Å²) >= 11 is 0. The van der Waals surface area contributed by atoms with Crippen LogP contribution in [-0.4, -0.2) is 5.11 Å². The highest BCUT2D eigenvalue weighted by molar-refractivity contribution is 5.20. The number of aliphatic hydroxyl groups is 1. The van der Waals surface area contributed by atoms with Crippen LogP contribution in [0.15, 0.2) is 11.8 Å². The zero-order valence-electron chi connectivity index (χ0n) is 21.8. The summed E-state index contributed by atoms with van der Waals surface area (Å²) in [6.45, 7) is 19.7. The Balaban J connectivity index is 2.15. The molecule has 1 heteroatoms. The highest BCUT2D eigenvalue weighted by Gasteiger charge is 2.55. The minimum Gasteiger partial charge on any atom is -0.516 e. The van der Waals surface area contributed by atoms with E-state index in [1.54, 1.807) is 0 Å². The fourth-order valence-corrected chi connectivity index (χ4v) is 7.62. The van der Waals surface area contributed by atoms with Crippen molar-refractivity contribution in [3.05, 3.63) is 11.8 Å². The largest absolute Gasteiger partial charge is 0.516 e. The molecule has 2 aliphatic carbocycles. The van der Waals surface area contributed by atoms with Crippen molar-refractivity contribution >= 4 is 0 Å². The number of rotatable bonds is 10. The van der Waals surface area contributed by atoms with Gasteiger partial charge in [-0.2, -0.15) is 0 Å². The molecule has 176 valence electrons. The standard InChI is InChI=1S/C29H54O/c1-9-11-12-13-14-23(27(4,5)10-2)16-17-25-22(3)15-18-26-28(6,7)24(21-30)19-20-29(25,26)8/h21-23,25-26,30H,9-20H2,1-8H3/b24-21+/t22-,23?,25?,26-,29?/m1/s1. The van der Waals surface area contributed by atoms with Crippen molar-refractivity contribution in [1.29, 1.82) is 0 Å². The molecule has 0 heterocycles. The molecular formula is C29H54O. The van der Waals surface area contributed by atoms with E-state index < -0.39 is 0 Å². The van der Waals surface area contributed by atoms with Gasteiger partial charge in [-0.25, -0.2) is 0 Å². The fraction of sp³-hybridized carbons (Fsp3) is 0.931. The first-order valence-corrected chi connectivity index (χ1v) is 13.4. The molecule has 2 rings (SSSR count). The van der Waals surface area contributed by atoms with Gasteiger partial charge in [0.15, 0.2) is 0 Å². The summed E-state index contributed by atoms with van der Waals surface area (Å²) < 4.78 is 0. The molecule has 2 aliphatic rings. The second kappa shape index (κ2) is 10.4. The monoisotopic (exact) mass is 418 g/mol. The molecule has 0 amide bonds. The Morgan fingerprint density at radius 2 is 1.77 bits per heavy atom. The molecule has 0 aromatic rings. The van der Waals surface area contributed by atoms with E-state index in [1.165, 1.54) is 82.5 Å². The first-order chi connectivity index (χ1) is 14.0. The summed E-state index contributed by atoms with van der Waals surface area (Å²) in [7, 11) is 0. The lowest BCUT2D eigenvalue weighted by molar-refractivity contribution is -0.0773. The molecule has 5 atom stereocenters. The normalized spacial score (nSPS) is 34.0. The van der Waals surface area contributed by atoms with Gasteiger partial charge in [-0.1, -0.05) is 93.9 Å². The van der Waals surface area contributed by atoms with Crippen LogP contribution in [0.1, 0.15) is 132 Å². The summed E-state index contributed by atoms with van der Waals surface area (Å²) in [5.41, 5.74) is 2.32. The van der Waals surface area contributed by atoms with E-state index in [9.17, 15) is 5.11 Å². The minimum atomic E-state index is 0.141.